The van der Waals surface area contributed by atoms with Crippen LogP contribution in [0.4, 0.5) is 13.2 Å². The molecule has 7 heteroatoms. The number of esters is 1. The number of ether oxygens (including phenoxy) is 3. The predicted octanol–water partition coefficient (Wildman–Crippen LogP) is 5.97. The van der Waals surface area contributed by atoms with E-state index in [1.165, 1.54) is 24.3 Å². The summed E-state index contributed by atoms with van der Waals surface area (Å²) < 4.78 is 57.5. The maximum absolute atomic E-state index is 14.3. The number of carbonyl (C=O) groups is 1. The molecule has 0 saturated heterocycles. The van der Waals surface area contributed by atoms with Crippen LogP contribution in [0.2, 0.25) is 0 Å². The number of hydrogen-bond acceptors (Lipinski definition) is 4. The Labute approximate surface area is 178 Å². The fourth-order valence-electron chi connectivity index (χ4n) is 2.87. The molecule has 0 atom stereocenters. The highest BCUT2D eigenvalue weighted by atomic mass is 19.1. The summed E-state index contributed by atoms with van der Waals surface area (Å²) in [5.41, 5.74) is 0.967. The van der Waals surface area contributed by atoms with E-state index >= 15 is 0 Å². The van der Waals surface area contributed by atoms with Gasteiger partial charge in [-0.25, -0.2) is 13.2 Å². The molecule has 0 N–H and O–H groups in total. The summed E-state index contributed by atoms with van der Waals surface area (Å²) >= 11 is 0. The molecule has 162 valence electrons. The Hall–Kier alpha value is -3.48. The van der Waals surface area contributed by atoms with E-state index in [4.69, 9.17) is 14.2 Å². The van der Waals surface area contributed by atoms with Crippen molar-refractivity contribution in [2.75, 3.05) is 6.61 Å². The Balaban J connectivity index is 1.63. The lowest BCUT2D eigenvalue weighted by atomic mass is 10.1. The molecule has 0 saturated carbocycles. The van der Waals surface area contributed by atoms with E-state index in [-0.39, 0.29) is 31.9 Å². The van der Waals surface area contributed by atoms with Gasteiger partial charge in [0, 0.05) is 6.42 Å². The molecule has 3 aromatic rings. The Morgan fingerprint density at radius 2 is 1.58 bits per heavy atom. The quantitative estimate of drug-likeness (QED) is 0.392. The van der Waals surface area contributed by atoms with Gasteiger partial charge in [-0.2, -0.15) is 0 Å². The van der Waals surface area contributed by atoms with Crippen LogP contribution in [0.1, 0.15) is 24.5 Å². The van der Waals surface area contributed by atoms with Gasteiger partial charge in [0.25, 0.3) is 0 Å². The Morgan fingerprint density at radius 3 is 2.26 bits per heavy atom. The van der Waals surface area contributed by atoms with Gasteiger partial charge in [-0.3, -0.25) is 4.79 Å². The topological polar surface area (TPSA) is 44.8 Å². The van der Waals surface area contributed by atoms with Crippen molar-refractivity contribution in [2.45, 2.75) is 26.4 Å². The summed E-state index contributed by atoms with van der Waals surface area (Å²) in [5.74, 6) is -2.06. The maximum atomic E-state index is 14.3. The zero-order valence-corrected chi connectivity index (χ0v) is 16.9. The van der Waals surface area contributed by atoms with Gasteiger partial charge in [-0.15, -0.1) is 0 Å². The van der Waals surface area contributed by atoms with Crippen LogP contribution in [0.3, 0.4) is 0 Å². The van der Waals surface area contributed by atoms with Gasteiger partial charge >= 0.3 is 5.97 Å². The van der Waals surface area contributed by atoms with Crippen molar-refractivity contribution < 1.29 is 32.2 Å². The first-order valence-electron chi connectivity index (χ1n) is 9.73. The minimum atomic E-state index is -0.849. The van der Waals surface area contributed by atoms with Crippen molar-refractivity contribution in [2.24, 2.45) is 0 Å². The van der Waals surface area contributed by atoms with Crippen molar-refractivity contribution in [3.8, 4) is 17.2 Å². The summed E-state index contributed by atoms with van der Waals surface area (Å²) in [5, 5.41) is 0. The molecule has 0 aliphatic heterocycles. The highest BCUT2D eigenvalue weighted by Gasteiger charge is 2.14. The van der Waals surface area contributed by atoms with Crippen LogP contribution < -0.4 is 9.47 Å². The molecular weight excluding hydrogens is 409 g/mol. The van der Waals surface area contributed by atoms with Crippen molar-refractivity contribution in [3.05, 3.63) is 89.2 Å². The van der Waals surface area contributed by atoms with E-state index in [0.717, 1.165) is 12.1 Å². The van der Waals surface area contributed by atoms with Crippen molar-refractivity contribution >= 4 is 5.97 Å². The third-order valence-electron chi connectivity index (χ3n) is 4.31. The van der Waals surface area contributed by atoms with E-state index in [1.807, 2.05) is 0 Å². The van der Waals surface area contributed by atoms with Gasteiger partial charge in [0.2, 0.25) is 0 Å². The molecule has 0 aliphatic carbocycles. The summed E-state index contributed by atoms with van der Waals surface area (Å²) in [6.07, 6.45) is 0.198. The van der Waals surface area contributed by atoms with Gasteiger partial charge < -0.3 is 14.2 Å². The van der Waals surface area contributed by atoms with Crippen LogP contribution in [0.15, 0.2) is 60.7 Å². The molecule has 0 radical (unpaired) electrons. The highest BCUT2D eigenvalue weighted by Crippen LogP contribution is 2.27. The molecule has 0 amide bonds. The van der Waals surface area contributed by atoms with Crippen molar-refractivity contribution in [3.63, 3.8) is 0 Å². The summed E-state index contributed by atoms with van der Waals surface area (Å²) in [4.78, 5) is 11.4. The molecule has 31 heavy (non-hydrogen) atoms. The summed E-state index contributed by atoms with van der Waals surface area (Å²) in [6.45, 7) is 1.86. The van der Waals surface area contributed by atoms with Gasteiger partial charge in [0.15, 0.2) is 17.4 Å². The fraction of sp³-hybridized carbons (Fsp3) is 0.208. The molecule has 0 heterocycles. The lowest BCUT2D eigenvalue weighted by Gasteiger charge is -2.11. The fourth-order valence-corrected chi connectivity index (χ4v) is 2.87. The Kier molecular flexibility index (Phi) is 7.54. The SMILES string of the molecule is CCOC(=O)CCc1cc(F)c(OCc2cccc(Oc3ccc(F)cc3)c2)c(F)c1. The van der Waals surface area contributed by atoms with Crippen LogP contribution in [-0.4, -0.2) is 12.6 Å². The van der Waals surface area contributed by atoms with Crippen molar-refractivity contribution in [1.29, 1.82) is 0 Å². The van der Waals surface area contributed by atoms with Crippen molar-refractivity contribution in [1.82, 2.24) is 0 Å². The highest BCUT2D eigenvalue weighted by molar-refractivity contribution is 5.69. The van der Waals surface area contributed by atoms with Crippen LogP contribution >= 0.6 is 0 Å². The van der Waals surface area contributed by atoms with E-state index in [1.54, 1.807) is 31.2 Å². The molecule has 3 rings (SSSR count). The second kappa shape index (κ2) is 10.5. The van der Waals surface area contributed by atoms with Gasteiger partial charge in [0.1, 0.15) is 23.9 Å². The molecule has 0 aliphatic rings. The van der Waals surface area contributed by atoms with Crippen LogP contribution in [-0.2, 0) is 22.6 Å². The first-order valence-corrected chi connectivity index (χ1v) is 9.73. The first kappa shape index (κ1) is 22.2. The zero-order chi connectivity index (χ0) is 22.2. The third-order valence-corrected chi connectivity index (χ3v) is 4.31. The van der Waals surface area contributed by atoms with Gasteiger partial charge in [0.05, 0.1) is 6.61 Å². The standard InChI is InChI=1S/C24H21F3O4/c1-2-29-23(28)11-6-16-13-21(26)24(22(27)14-16)30-15-17-4-3-5-20(12-17)31-19-9-7-18(25)8-10-19/h3-5,7-10,12-14H,2,6,11,15H2,1H3. The normalized spacial score (nSPS) is 10.6. The largest absolute Gasteiger partial charge is 0.483 e. The first-order chi connectivity index (χ1) is 14.9. The van der Waals surface area contributed by atoms with Crippen LogP contribution in [0.5, 0.6) is 17.2 Å². The molecule has 4 nitrogen and oxygen atoms in total. The maximum Gasteiger partial charge on any atom is 0.306 e. The summed E-state index contributed by atoms with van der Waals surface area (Å²) in [7, 11) is 0. The second-order valence-electron chi connectivity index (χ2n) is 6.69. The number of aryl methyl sites for hydroxylation is 1. The monoisotopic (exact) mass is 430 g/mol. The van der Waals surface area contributed by atoms with Gasteiger partial charge in [-0.1, -0.05) is 12.1 Å². The van der Waals surface area contributed by atoms with E-state index in [9.17, 15) is 18.0 Å². The van der Waals surface area contributed by atoms with E-state index in [0.29, 0.717) is 22.6 Å². The molecule has 0 fully saturated rings. The van der Waals surface area contributed by atoms with Crippen LogP contribution in [0, 0.1) is 17.5 Å². The van der Waals surface area contributed by atoms with Gasteiger partial charge in [-0.05, 0) is 73.0 Å². The number of rotatable bonds is 9. The number of halogens is 3. The van der Waals surface area contributed by atoms with E-state index in [2.05, 4.69) is 0 Å². The van der Waals surface area contributed by atoms with Crippen LogP contribution in [0.25, 0.3) is 0 Å². The zero-order valence-electron chi connectivity index (χ0n) is 16.9. The molecular formula is C24H21F3O4. The minimum absolute atomic E-state index is 0.0355. The molecule has 0 bridgehead atoms. The number of hydrogen-bond donors (Lipinski definition) is 0. The average Bonchev–Trinajstić information content (AvgIpc) is 2.74. The molecule has 0 unspecified atom stereocenters. The Bertz CT molecular complexity index is 1010. The smallest absolute Gasteiger partial charge is 0.306 e. The number of carbonyl (C=O) groups excluding carboxylic acids is 1. The predicted molar refractivity (Wildman–Crippen MR) is 109 cm³/mol. The Morgan fingerprint density at radius 1 is 0.871 bits per heavy atom. The molecule has 0 aromatic heterocycles. The molecule has 0 spiro atoms. The molecule has 3 aromatic carbocycles. The minimum Gasteiger partial charge on any atom is -0.483 e. The van der Waals surface area contributed by atoms with E-state index < -0.39 is 23.4 Å². The lowest BCUT2D eigenvalue weighted by Crippen LogP contribution is -2.06. The summed E-state index contributed by atoms with van der Waals surface area (Å²) in [6, 6.07) is 14.6. The third kappa shape index (κ3) is 6.50. The number of benzene rings is 3. The lowest BCUT2D eigenvalue weighted by molar-refractivity contribution is -0.143. The second-order valence-corrected chi connectivity index (χ2v) is 6.69. The average molecular weight is 430 g/mol.